The summed E-state index contributed by atoms with van der Waals surface area (Å²) in [6, 6.07) is 0. The molecule has 0 aromatic heterocycles. The highest BCUT2D eigenvalue weighted by molar-refractivity contribution is 5.93. The van der Waals surface area contributed by atoms with Gasteiger partial charge in [-0.1, -0.05) is 17.2 Å². The van der Waals surface area contributed by atoms with Crippen LogP contribution in [0.3, 0.4) is 0 Å². The summed E-state index contributed by atoms with van der Waals surface area (Å²) in [4.78, 5) is 23.9. The summed E-state index contributed by atoms with van der Waals surface area (Å²) >= 11 is 0. The van der Waals surface area contributed by atoms with Gasteiger partial charge in [-0.2, -0.15) is 0 Å². The number of hydrogen-bond acceptors (Lipinski definition) is 5. The second-order valence-electron chi connectivity index (χ2n) is 4.95. The predicted octanol–water partition coefficient (Wildman–Crippen LogP) is 2.30. The number of carbonyl (C=O) groups is 2. The summed E-state index contributed by atoms with van der Waals surface area (Å²) < 4.78 is 9.50. The fourth-order valence-electron chi connectivity index (χ4n) is 2.35. The van der Waals surface area contributed by atoms with Crippen LogP contribution in [-0.4, -0.2) is 31.3 Å². The smallest absolute Gasteiger partial charge is 0.338 e. The second kappa shape index (κ2) is 6.41. The van der Waals surface area contributed by atoms with Crippen LogP contribution in [0.25, 0.3) is 0 Å². The van der Waals surface area contributed by atoms with E-state index < -0.39 is 23.8 Å². The van der Waals surface area contributed by atoms with Crippen LogP contribution in [0, 0.1) is 11.8 Å². The lowest BCUT2D eigenvalue weighted by atomic mass is 9.76. The molecule has 1 N–H and O–H groups in total. The number of aliphatic hydroxyl groups is 1. The molecule has 0 amide bonds. The highest BCUT2D eigenvalue weighted by Crippen LogP contribution is 2.37. The molecule has 0 spiro atoms. The first kappa shape index (κ1) is 16.0. The lowest BCUT2D eigenvalue weighted by Gasteiger charge is -2.29. The molecule has 5 heteroatoms. The number of rotatable bonds is 3. The minimum atomic E-state index is -0.650. The Morgan fingerprint density at radius 3 is 2.30 bits per heavy atom. The Kier molecular flexibility index (Phi) is 5.13. The van der Waals surface area contributed by atoms with E-state index in [0.717, 1.165) is 5.57 Å². The number of ether oxygens (including phenoxy) is 2. The van der Waals surface area contributed by atoms with Crippen molar-refractivity contribution in [2.24, 2.45) is 11.8 Å². The van der Waals surface area contributed by atoms with Crippen LogP contribution in [0.15, 0.2) is 34.6 Å². The Morgan fingerprint density at radius 2 is 1.85 bits per heavy atom. The van der Waals surface area contributed by atoms with Gasteiger partial charge >= 0.3 is 11.9 Å². The third kappa shape index (κ3) is 3.10. The number of allylic oxidation sites excluding steroid dienone is 3. The van der Waals surface area contributed by atoms with Gasteiger partial charge in [0.05, 0.1) is 25.7 Å². The third-order valence-electron chi connectivity index (χ3n) is 3.20. The summed E-state index contributed by atoms with van der Waals surface area (Å²) in [5, 5.41) is 10.0. The van der Waals surface area contributed by atoms with Crippen LogP contribution >= 0.6 is 0 Å². The molecule has 0 heterocycles. The van der Waals surface area contributed by atoms with E-state index in [-0.39, 0.29) is 11.3 Å². The van der Waals surface area contributed by atoms with Gasteiger partial charge in [0.25, 0.3) is 0 Å². The molecular formula is C15H20O5. The maximum absolute atomic E-state index is 12.0. The Labute approximate surface area is 118 Å². The van der Waals surface area contributed by atoms with Crippen molar-refractivity contribution >= 4 is 11.9 Å². The summed E-state index contributed by atoms with van der Waals surface area (Å²) in [6.07, 6.45) is 3.17. The topological polar surface area (TPSA) is 72.8 Å². The molecule has 2 atom stereocenters. The Morgan fingerprint density at radius 1 is 1.25 bits per heavy atom. The number of hydrogen-bond donors (Lipinski definition) is 1. The Balaban J connectivity index is 3.44. The summed E-state index contributed by atoms with van der Waals surface area (Å²) in [7, 11) is 2.53. The molecular weight excluding hydrogens is 260 g/mol. The van der Waals surface area contributed by atoms with E-state index in [1.165, 1.54) is 20.3 Å². The van der Waals surface area contributed by atoms with Crippen molar-refractivity contribution < 1.29 is 24.2 Å². The molecule has 0 aromatic carbocycles. The standard InChI is InChI=1S/C15H20O5/c1-8(2)6-10-12(14(17)19-4)9(3)7-11(16)13(10)15(18)20-5/h6-7,10,12,16H,1-5H3. The van der Waals surface area contributed by atoms with Crippen molar-refractivity contribution in [2.45, 2.75) is 20.8 Å². The minimum absolute atomic E-state index is 0.0784. The SMILES string of the molecule is COC(=O)C1=C(O)C=C(C)C(C(=O)OC)C1C=C(C)C. The molecule has 2 unspecified atom stereocenters. The average Bonchev–Trinajstić information content (AvgIpc) is 2.36. The number of esters is 2. The zero-order valence-corrected chi connectivity index (χ0v) is 12.4. The van der Waals surface area contributed by atoms with Gasteiger partial charge in [-0.15, -0.1) is 0 Å². The molecule has 20 heavy (non-hydrogen) atoms. The van der Waals surface area contributed by atoms with Crippen molar-refractivity contribution in [3.63, 3.8) is 0 Å². The lowest BCUT2D eigenvalue weighted by molar-refractivity contribution is -0.145. The molecule has 0 bridgehead atoms. The monoisotopic (exact) mass is 280 g/mol. The third-order valence-corrected chi connectivity index (χ3v) is 3.20. The van der Waals surface area contributed by atoms with Crippen LogP contribution in [0.5, 0.6) is 0 Å². The van der Waals surface area contributed by atoms with Gasteiger partial charge in [0.1, 0.15) is 5.76 Å². The van der Waals surface area contributed by atoms with Gasteiger partial charge in [0.15, 0.2) is 0 Å². The largest absolute Gasteiger partial charge is 0.507 e. The molecule has 1 aliphatic rings. The molecule has 0 aromatic rings. The average molecular weight is 280 g/mol. The van der Waals surface area contributed by atoms with Crippen LogP contribution in [0.1, 0.15) is 20.8 Å². The van der Waals surface area contributed by atoms with Crippen LogP contribution in [-0.2, 0) is 19.1 Å². The molecule has 0 saturated carbocycles. The number of carbonyl (C=O) groups excluding carboxylic acids is 2. The highest BCUT2D eigenvalue weighted by Gasteiger charge is 2.39. The fraction of sp³-hybridized carbons (Fsp3) is 0.467. The van der Waals surface area contributed by atoms with E-state index in [4.69, 9.17) is 9.47 Å². The van der Waals surface area contributed by atoms with E-state index >= 15 is 0 Å². The molecule has 0 saturated heterocycles. The zero-order chi connectivity index (χ0) is 15.4. The first-order chi connectivity index (χ1) is 9.33. The first-order valence-electron chi connectivity index (χ1n) is 6.26. The van der Waals surface area contributed by atoms with Crippen molar-refractivity contribution in [3.05, 3.63) is 34.6 Å². The molecule has 110 valence electrons. The van der Waals surface area contributed by atoms with Gasteiger partial charge in [-0.05, 0) is 26.8 Å². The van der Waals surface area contributed by atoms with Gasteiger partial charge in [-0.25, -0.2) is 4.79 Å². The number of methoxy groups -OCH3 is 2. The Hall–Kier alpha value is -2.04. The van der Waals surface area contributed by atoms with E-state index in [2.05, 4.69) is 0 Å². The van der Waals surface area contributed by atoms with Gasteiger partial charge < -0.3 is 14.6 Å². The molecule has 0 aliphatic heterocycles. The van der Waals surface area contributed by atoms with Gasteiger partial charge in [-0.3, -0.25) is 4.79 Å². The summed E-state index contributed by atoms with van der Waals surface area (Å²) in [5.41, 5.74) is 1.65. The van der Waals surface area contributed by atoms with Crippen molar-refractivity contribution in [3.8, 4) is 0 Å². The van der Waals surface area contributed by atoms with Crippen LogP contribution in [0.4, 0.5) is 0 Å². The first-order valence-corrected chi connectivity index (χ1v) is 6.26. The maximum atomic E-state index is 12.0. The van der Waals surface area contributed by atoms with Crippen molar-refractivity contribution in [1.82, 2.24) is 0 Å². The summed E-state index contributed by atoms with van der Waals surface area (Å²) in [5.74, 6) is -2.50. The quantitative estimate of drug-likeness (QED) is 0.634. The fourth-order valence-corrected chi connectivity index (χ4v) is 2.35. The van der Waals surface area contributed by atoms with Crippen LogP contribution < -0.4 is 0 Å². The zero-order valence-electron chi connectivity index (χ0n) is 12.4. The minimum Gasteiger partial charge on any atom is -0.507 e. The van der Waals surface area contributed by atoms with E-state index in [1.807, 2.05) is 13.8 Å². The van der Waals surface area contributed by atoms with E-state index in [0.29, 0.717) is 5.57 Å². The molecule has 1 aliphatic carbocycles. The van der Waals surface area contributed by atoms with E-state index in [1.54, 1.807) is 13.0 Å². The van der Waals surface area contributed by atoms with Crippen molar-refractivity contribution in [1.29, 1.82) is 0 Å². The molecule has 1 rings (SSSR count). The second-order valence-corrected chi connectivity index (χ2v) is 4.95. The summed E-state index contributed by atoms with van der Waals surface area (Å²) in [6.45, 7) is 5.43. The molecule has 0 radical (unpaired) electrons. The Bertz CT molecular complexity index is 506. The predicted molar refractivity (Wildman–Crippen MR) is 73.9 cm³/mol. The molecule has 0 fully saturated rings. The lowest BCUT2D eigenvalue weighted by Crippen LogP contribution is -2.32. The van der Waals surface area contributed by atoms with Gasteiger partial charge in [0.2, 0.25) is 0 Å². The van der Waals surface area contributed by atoms with Gasteiger partial charge in [0, 0.05) is 5.92 Å². The maximum Gasteiger partial charge on any atom is 0.338 e. The number of aliphatic hydroxyl groups excluding tert-OH is 1. The van der Waals surface area contributed by atoms with Crippen molar-refractivity contribution in [2.75, 3.05) is 14.2 Å². The molecule has 5 nitrogen and oxygen atoms in total. The highest BCUT2D eigenvalue weighted by atomic mass is 16.5. The van der Waals surface area contributed by atoms with Crippen LogP contribution in [0.2, 0.25) is 0 Å². The normalized spacial score (nSPS) is 21.9. The van der Waals surface area contributed by atoms with E-state index in [9.17, 15) is 14.7 Å².